The molecule has 0 N–H and O–H groups in total. The number of amides is 1. The van der Waals surface area contributed by atoms with E-state index in [1.54, 1.807) is 35.6 Å². The molecule has 8 heteroatoms. The average Bonchev–Trinajstić information content (AvgIpc) is 3.71. The number of hydrogen-bond acceptors (Lipinski definition) is 5. The van der Waals surface area contributed by atoms with E-state index in [2.05, 4.69) is 22.9 Å². The number of ether oxygens (including phenoxy) is 1. The maximum Gasteiger partial charge on any atom is 0.253 e. The molecule has 6 rings (SSSR count). The highest BCUT2D eigenvalue weighted by molar-refractivity contribution is 8.00. The van der Waals surface area contributed by atoms with Crippen molar-refractivity contribution in [3.8, 4) is 5.75 Å². The summed E-state index contributed by atoms with van der Waals surface area (Å²) in [5.74, 6) is 0.735. The van der Waals surface area contributed by atoms with Crippen LogP contribution in [0.15, 0.2) is 107 Å². The van der Waals surface area contributed by atoms with E-state index in [9.17, 15) is 9.18 Å². The van der Waals surface area contributed by atoms with E-state index in [0.717, 1.165) is 43.3 Å². The Hall–Kier alpha value is -3.88. The Morgan fingerprint density at radius 3 is 2.69 bits per heavy atom. The Balaban J connectivity index is 1.25. The number of thioether (sulfide) groups is 1. The summed E-state index contributed by atoms with van der Waals surface area (Å²) in [5, 5.41) is 9.55. The van der Waals surface area contributed by atoms with Gasteiger partial charge in [0.05, 0.1) is 29.5 Å². The van der Waals surface area contributed by atoms with Gasteiger partial charge in [-0.1, -0.05) is 48.5 Å². The van der Waals surface area contributed by atoms with Crippen molar-refractivity contribution in [1.29, 1.82) is 0 Å². The van der Waals surface area contributed by atoms with E-state index < -0.39 is 0 Å². The second kappa shape index (κ2) is 11.1. The normalized spacial score (nSPS) is 15.1. The lowest BCUT2D eigenvalue weighted by atomic mass is 10.0. The van der Waals surface area contributed by atoms with Crippen molar-refractivity contribution in [2.45, 2.75) is 23.9 Å². The molecule has 1 atom stereocenters. The van der Waals surface area contributed by atoms with Crippen LogP contribution in [0.1, 0.15) is 28.5 Å². The summed E-state index contributed by atoms with van der Waals surface area (Å²) in [6.45, 7) is 0.549. The molecule has 196 valence electrons. The Kier molecular flexibility index (Phi) is 7.22. The van der Waals surface area contributed by atoms with Crippen molar-refractivity contribution in [2.24, 2.45) is 5.10 Å². The van der Waals surface area contributed by atoms with E-state index in [0.29, 0.717) is 13.0 Å². The molecule has 1 aliphatic rings. The Labute approximate surface area is 234 Å². The second-order valence-electron chi connectivity index (χ2n) is 9.31. The third kappa shape index (κ3) is 5.35. The highest BCUT2D eigenvalue weighted by Crippen LogP contribution is 2.36. The van der Waals surface area contributed by atoms with Gasteiger partial charge in [0, 0.05) is 35.0 Å². The van der Waals surface area contributed by atoms with Gasteiger partial charge in [-0.05, 0) is 52.9 Å². The van der Waals surface area contributed by atoms with E-state index in [-0.39, 0.29) is 23.5 Å². The number of carbonyl (C=O) groups is 1. The molecule has 0 saturated heterocycles. The number of nitrogens with zero attached hydrogens (tertiary/aromatic N) is 3. The molecule has 39 heavy (non-hydrogen) atoms. The van der Waals surface area contributed by atoms with Crippen LogP contribution >= 0.6 is 23.1 Å². The molecular formula is C31H26FN3O2S2. The number of thiophene rings is 1. The van der Waals surface area contributed by atoms with Gasteiger partial charge in [0.15, 0.2) is 0 Å². The molecule has 5 aromatic rings. The minimum atomic E-state index is -0.247. The number of fused-ring (bicyclic) bond motifs is 1. The minimum Gasteiger partial charge on any atom is -0.497 e. The van der Waals surface area contributed by atoms with Crippen LogP contribution in [0.4, 0.5) is 4.39 Å². The first-order valence-corrected chi connectivity index (χ1v) is 14.5. The fourth-order valence-corrected chi connectivity index (χ4v) is 6.58. The summed E-state index contributed by atoms with van der Waals surface area (Å²) < 4.78 is 21.2. The minimum absolute atomic E-state index is 0.0469. The molecule has 3 aromatic carbocycles. The highest BCUT2D eigenvalue weighted by atomic mass is 32.2. The lowest BCUT2D eigenvalue weighted by Crippen LogP contribution is -2.28. The maximum absolute atomic E-state index is 13.8. The first kappa shape index (κ1) is 25.4. The molecule has 3 heterocycles. The van der Waals surface area contributed by atoms with Crippen molar-refractivity contribution < 1.29 is 13.9 Å². The number of hydrogen-bond donors (Lipinski definition) is 0. The fourth-order valence-electron chi connectivity index (χ4n) is 4.91. The molecule has 5 nitrogen and oxygen atoms in total. The fraction of sp³-hybridized carbons (Fsp3) is 0.161. The van der Waals surface area contributed by atoms with Gasteiger partial charge in [0.1, 0.15) is 11.6 Å². The van der Waals surface area contributed by atoms with Crippen LogP contribution < -0.4 is 4.74 Å². The molecule has 0 unspecified atom stereocenters. The van der Waals surface area contributed by atoms with Crippen molar-refractivity contribution in [2.75, 3.05) is 12.9 Å². The number of benzene rings is 3. The number of rotatable bonds is 8. The molecule has 0 fully saturated rings. The number of hydrazone groups is 1. The van der Waals surface area contributed by atoms with Crippen molar-refractivity contribution in [1.82, 2.24) is 9.58 Å². The number of halogens is 1. The lowest BCUT2D eigenvalue weighted by molar-refractivity contribution is -0.130. The van der Waals surface area contributed by atoms with Gasteiger partial charge in [-0.3, -0.25) is 4.79 Å². The molecule has 0 spiro atoms. The van der Waals surface area contributed by atoms with Crippen LogP contribution in [-0.4, -0.2) is 34.1 Å². The third-order valence-electron chi connectivity index (χ3n) is 6.82. The van der Waals surface area contributed by atoms with E-state index in [4.69, 9.17) is 9.84 Å². The van der Waals surface area contributed by atoms with Gasteiger partial charge in [-0.2, -0.15) is 5.10 Å². The maximum atomic E-state index is 13.8. The SMILES string of the molecule is COc1ccc([C@@H]2CC(c3cccs3)=NN2C(=O)CSc2cn(Cc3cccc(F)c3)c3ccccc23)cc1. The zero-order chi connectivity index (χ0) is 26.8. The van der Waals surface area contributed by atoms with Crippen LogP contribution in [0.3, 0.4) is 0 Å². The lowest BCUT2D eigenvalue weighted by Gasteiger charge is -2.22. The van der Waals surface area contributed by atoms with Gasteiger partial charge >= 0.3 is 0 Å². The summed E-state index contributed by atoms with van der Waals surface area (Å²) in [4.78, 5) is 15.7. The van der Waals surface area contributed by atoms with Gasteiger partial charge in [0.2, 0.25) is 0 Å². The van der Waals surface area contributed by atoms with Gasteiger partial charge in [0.25, 0.3) is 5.91 Å². The van der Waals surface area contributed by atoms with Gasteiger partial charge in [-0.15, -0.1) is 23.1 Å². The summed E-state index contributed by atoms with van der Waals surface area (Å²) in [5.41, 5.74) is 3.89. The monoisotopic (exact) mass is 555 g/mol. The molecule has 0 radical (unpaired) electrons. The summed E-state index contributed by atoms with van der Waals surface area (Å²) in [6.07, 6.45) is 2.72. The predicted octanol–water partition coefficient (Wildman–Crippen LogP) is 7.37. The summed E-state index contributed by atoms with van der Waals surface area (Å²) in [6, 6.07) is 26.5. The van der Waals surface area contributed by atoms with Crippen molar-refractivity contribution >= 4 is 45.6 Å². The van der Waals surface area contributed by atoms with Crippen molar-refractivity contribution in [3.63, 3.8) is 0 Å². The molecule has 1 aliphatic heterocycles. The molecular weight excluding hydrogens is 529 g/mol. The zero-order valence-electron chi connectivity index (χ0n) is 21.3. The van der Waals surface area contributed by atoms with Crippen LogP contribution in [0, 0.1) is 5.82 Å². The second-order valence-corrected chi connectivity index (χ2v) is 11.3. The number of aromatic nitrogens is 1. The van der Waals surface area contributed by atoms with Crippen LogP contribution in [0.25, 0.3) is 10.9 Å². The standard InChI is InChI=1S/C31H26FN3O2S2/c1-37-24-13-11-22(12-14-24)28-17-26(29-10-5-15-38-29)33-35(28)31(36)20-39-30-19-34(27-9-3-2-8-25(27)30)18-21-6-4-7-23(32)16-21/h2-16,19,28H,17-18,20H2,1H3/t28-/m0/s1. The van der Waals surface area contributed by atoms with Crippen LogP contribution in [0.5, 0.6) is 5.75 Å². The van der Waals surface area contributed by atoms with E-state index in [1.807, 2.05) is 60.0 Å². The molecule has 1 amide bonds. The predicted molar refractivity (Wildman–Crippen MR) is 156 cm³/mol. The average molecular weight is 556 g/mol. The van der Waals surface area contributed by atoms with Gasteiger partial charge in [-0.25, -0.2) is 9.40 Å². The Bertz CT molecular complexity index is 1640. The van der Waals surface area contributed by atoms with Crippen LogP contribution in [0.2, 0.25) is 0 Å². The first-order valence-electron chi connectivity index (χ1n) is 12.6. The topological polar surface area (TPSA) is 46.8 Å². The smallest absolute Gasteiger partial charge is 0.253 e. The number of carbonyl (C=O) groups excluding carboxylic acids is 1. The number of para-hydroxylation sites is 1. The van der Waals surface area contributed by atoms with E-state index >= 15 is 0 Å². The Morgan fingerprint density at radius 2 is 1.92 bits per heavy atom. The quantitative estimate of drug-likeness (QED) is 0.188. The first-order chi connectivity index (χ1) is 19.1. The molecule has 0 aliphatic carbocycles. The van der Waals surface area contributed by atoms with Crippen LogP contribution in [-0.2, 0) is 11.3 Å². The summed E-state index contributed by atoms with van der Waals surface area (Å²) in [7, 11) is 1.64. The Morgan fingerprint density at radius 1 is 1.08 bits per heavy atom. The summed E-state index contributed by atoms with van der Waals surface area (Å²) >= 11 is 3.14. The third-order valence-corrected chi connectivity index (χ3v) is 8.76. The zero-order valence-corrected chi connectivity index (χ0v) is 22.9. The largest absolute Gasteiger partial charge is 0.497 e. The molecule has 2 aromatic heterocycles. The molecule has 0 saturated carbocycles. The van der Waals surface area contributed by atoms with Crippen molar-refractivity contribution in [3.05, 3.63) is 118 Å². The van der Waals surface area contributed by atoms with E-state index in [1.165, 1.54) is 17.8 Å². The molecule has 0 bridgehead atoms. The van der Waals surface area contributed by atoms with Gasteiger partial charge < -0.3 is 9.30 Å². The highest BCUT2D eigenvalue weighted by Gasteiger charge is 2.33. The number of methoxy groups -OCH3 is 1.